The van der Waals surface area contributed by atoms with Gasteiger partial charge < -0.3 is 15.2 Å². The third-order valence-electron chi connectivity index (χ3n) is 3.42. The molecule has 3 atom stereocenters. The maximum atomic E-state index is 11.4. The van der Waals surface area contributed by atoms with Gasteiger partial charge in [0.15, 0.2) is 0 Å². The number of carbonyl (C=O) groups excluding carboxylic acids is 1. The van der Waals surface area contributed by atoms with Crippen LogP contribution in [-0.2, 0) is 14.3 Å². The fraction of sp³-hybridized carbons (Fsp3) is 0.800. The molecular weight excluding hydrogens is 242 g/mol. The second-order valence-corrected chi connectivity index (χ2v) is 5.72. The average molecular weight is 269 g/mol. The van der Waals surface area contributed by atoms with Crippen molar-refractivity contribution in [3.8, 4) is 0 Å². The zero-order valence-electron chi connectivity index (χ0n) is 12.5. The molecule has 2 N–H and O–H groups in total. The van der Waals surface area contributed by atoms with Gasteiger partial charge in [-0.15, -0.1) is 0 Å². The van der Waals surface area contributed by atoms with Gasteiger partial charge in [0.2, 0.25) is 5.91 Å². The van der Waals surface area contributed by atoms with E-state index in [4.69, 9.17) is 15.2 Å². The van der Waals surface area contributed by atoms with Gasteiger partial charge in [-0.1, -0.05) is 20.3 Å². The fourth-order valence-corrected chi connectivity index (χ4v) is 2.08. The first-order valence-electron chi connectivity index (χ1n) is 7.20. The number of nitrogens with two attached hydrogens (primary N) is 1. The molecule has 4 heteroatoms. The van der Waals surface area contributed by atoms with Crippen molar-refractivity contribution in [3.05, 3.63) is 11.8 Å². The second-order valence-electron chi connectivity index (χ2n) is 5.72. The summed E-state index contributed by atoms with van der Waals surface area (Å²) in [5.41, 5.74) is 5.43. The summed E-state index contributed by atoms with van der Waals surface area (Å²) in [4.78, 5) is 11.4. The number of amides is 1. The molecule has 0 aliphatic heterocycles. The molecule has 1 aliphatic carbocycles. The van der Waals surface area contributed by atoms with E-state index in [0.29, 0.717) is 25.4 Å². The van der Waals surface area contributed by atoms with Gasteiger partial charge in [-0.2, -0.15) is 0 Å². The molecule has 2 unspecified atom stereocenters. The highest BCUT2D eigenvalue weighted by Gasteiger charge is 2.28. The Morgan fingerprint density at radius 3 is 2.68 bits per heavy atom. The van der Waals surface area contributed by atoms with Crippen LogP contribution in [0.1, 0.15) is 47.0 Å². The highest BCUT2D eigenvalue weighted by atomic mass is 16.5. The molecular formula is C15H27NO3. The van der Waals surface area contributed by atoms with Crippen molar-refractivity contribution < 1.29 is 14.3 Å². The number of rotatable bonds is 7. The van der Waals surface area contributed by atoms with Crippen molar-refractivity contribution in [3.63, 3.8) is 0 Å². The maximum absolute atomic E-state index is 11.4. The Bertz CT molecular complexity index is 325. The van der Waals surface area contributed by atoms with Crippen LogP contribution in [0.2, 0.25) is 0 Å². The molecule has 0 radical (unpaired) electrons. The lowest BCUT2D eigenvalue weighted by molar-refractivity contribution is -0.123. The van der Waals surface area contributed by atoms with E-state index in [1.807, 2.05) is 19.9 Å². The third kappa shape index (κ3) is 5.64. The van der Waals surface area contributed by atoms with Crippen LogP contribution in [-0.4, -0.2) is 24.7 Å². The minimum Gasteiger partial charge on any atom is -0.496 e. The molecule has 4 nitrogen and oxygen atoms in total. The van der Waals surface area contributed by atoms with E-state index >= 15 is 0 Å². The Morgan fingerprint density at radius 1 is 1.47 bits per heavy atom. The molecule has 0 bridgehead atoms. The van der Waals surface area contributed by atoms with Crippen LogP contribution in [0, 0.1) is 11.8 Å². The molecule has 1 aliphatic rings. The number of primary amides is 1. The summed E-state index contributed by atoms with van der Waals surface area (Å²) < 4.78 is 11.6. The lowest BCUT2D eigenvalue weighted by atomic mass is 9.90. The Kier molecular flexibility index (Phi) is 6.35. The Hall–Kier alpha value is -1.03. The van der Waals surface area contributed by atoms with Gasteiger partial charge in [0.1, 0.15) is 0 Å². The lowest BCUT2D eigenvalue weighted by Crippen LogP contribution is -2.32. The molecule has 0 heterocycles. The van der Waals surface area contributed by atoms with Crippen LogP contribution >= 0.6 is 0 Å². The molecule has 0 aromatic rings. The molecule has 0 fully saturated rings. The Labute approximate surface area is 116 Å². The molecule has 1 rings (SSSR count). The van der Waals surface area contributed by atoms with Crippen molar-refractivity contribution in [2.24, 2.45) is 17.6 Å². The minimum absolute atomic E-state index is 0.0611. The van der Waals surface area contributed by atoms with Crippen LogP contribution in [0.25, 0.3) is 0 Å². The van der Waals surface area contributed by atoms with Crippen LogP contribution in [0.15, 0.2) is 11.8 Å². The lowest BCUT2D eigenvalue weighted by Gasteiger charge is -2.28. The first-order chi connectivity index (χ1) is 8.92. The normalized spacial score (nSPS) is 25.0. The molecule has 0 spiro atoms. The topological polar surface area (TPSA) is 61.6 Å². The van der Waals surface area contributed by atoms with E-state index in [9.17, 15) is 4.79 Å². The van der Waals surface area contributed by atoms with E-state index < -0.39 is 0 Å². The van der Waals surface area contributed by atoms with Gasteiger partial charge in [0, 0.05) is 18.9 Å². The number of hydrogen-bond acceptors (Lipinski definition) is 3. The van der Waals surface area contributed by atoms with E-state index in [1.165, 1.54) is 0 Å². The summed E-state index contributed by atoms with van der Waals surface area (Å²) in [5.74, 6) is 0.909. The summed E-state index contributed by atoms with van der Waals surface area (Å²) in [7, 11) is 0. The number of ether oxygens (including phenoxy) is 2. The molecule has 1 amide bonds. The van der Waals surface area contributed by atoms with Gasteiger partial charge in [-0.05, 0) is 32.3 Å². The van der Waals surface area contributed by atoms with E-state index in [-0.39, 0.29) is 24.0 Å². The zero-order chi connectivity index (χ0) is 14.4. The van der Waals surface area contributed by atoms with Crippen molar-refractivity contribution >= 4 is 5.91 Å². The summed E-state index contributed by atoms with van der Waals surface area (Å²) in [6, 6.07) is 0. The van der Waals surface area contributed by atoms with Gasteiger partial charge in [-0.25, -0.2) is 0 Å². The van der Waals surface area contributed by atoms with Crippen molar-refractivity contribution in [1.29, 1.82) is 0 Å². The van der Waals surface area contributed by atoms with Crippen molar-refractivity contribution in [1.82, 2.24) is 0 Å². The highest BCUT2D eigenvalue weighted by Crippen LogP contribution is 2.27. The number of allylic oxidation sites excluding steroid dienone is 1. The molecule has 0 saturated carbocycles. The van der Waals surface area contributed by atoms with E-state index in [2.05, 4.69) is 13.8 Å². The van der Waals surface area contributed by atoms with Gasteiger partial charge in [0.25, 0.3) is 0 Å². The van der Waals surface area contributed by atoms with Crippen molar-refractivity contribution in [2.45, 2.75) is 59.2 Å². The van der Waals surface area contributed by atoms with Crippen LogP contribution in [0.4, 0.5) is 0 Å². The van der Waals surface area contributed by atoms with E-state index in [1.54, 1.807) is 0 Å². The first kappa shape index (κ1) is 16.0. The number of carbonyl (C=O) groups is 1. The third-order valence-corrected chi connectivity index (χ3v) is 3.42. The molecule has 0 saturated heterocycles. The standard InChI is InChI=1S/C15H27NO3/c1-5-11(4)9-18-13-6-12(15(16)17)7-14(8-13)19-10(2)3/h8,10-13H,5-7,9H2,1-4H3,(H2,16,17)/t11?,12-,13?/m0/s1. The predicted molar refractivity (Wildman–Crippen MR) is 75.4 cm³/mol. The largest absolute Gasteiger partial charge is 0.496 e. The minimum atomic E-state index is -0.268. The fourth-order valence-electron chi connectivity index (χ4n) is 2.08. The maximum Gasteiger partial charge on any atom is 0.221 e. The summed E-state index contributed by atoms with van der Waals surface area (Å²) in [6.45, 7) is 8.96. The monoisotopic (exact) mass is 269 g/mol. The quantitative estimate of drug-likeness (QED) is 0.772. The Morgan fingerprint density at radius 2 is 2.16 bits per heavy atom. The summed E-state index contributed by atoms with van der Waals surface area (Å²) in [5, 5.41) is 0. The zero-order valence-corrected chi connectivity index (χ0v) is 12.5. The second kappa shape index (κ2) is 7.53. The number of hydrogen-bond donors (Lipinski definition) is 1. The summed E-state index contributed by atoms with van der Waals surface area (Å²) >= 11 is 0. The Balaban J connectivity index is 2.63. The van der Waals surface area contributed by atoms with Crippen molar-refractivity contribution in [2.75, 3.05) is 6.61 Å². The van der Waals surface area contributed by atoms with E-state index in [0.717, 1.165) is 12.2 Å². The average Bonchev–Trinajstić information content (AvgIpc) is 2.34. The van der Waals surface area contributed by atoms with Crippen LogP contribution in [0.5, 0.6) is 0 Å². The van der Waals surface area contributed by atoms with Gasteiger partial charge in [0.05, 0.1) is 18.0 Å². The molecule has 0 aromatic carbocycles. The molecule has 19 heavy (non-hydrogen) atoms. The first-order valence-corrected chi connectivity index (χ1v) is 7.20. The van der Waals surface area contributed by atoms with Gasteiger partial charge in [-0.3, -0.25) is 4.79 Å². The summed E-state index contributed by atoms with van der Waals surface area (Å²) in [6.07, 6.45) is 4.39. The van der Waals surface area contributed by atoms with Crippen LogP contribution in [0.3, 0.4) is 0 Å². The molecule has 110 valence electrons. The predicted octanol–water partition coefficient (Wildman–Crippen LogP) is 2.62. The molecule has 0 aromatic heterocycles. The smallest absolute Gasteiger partial charge is 0.221 e. The highest BCUT2D eigenvalue weighted by molar-refractivity contribution is 5.77. The van der Waals surface area contributed by atoms with Gasteiger partial charge >= 0.3 is 0 Å². The SMILES string of the molecule is CCC(C)COC1C=C(OC(C)C)C[C@@H](C(N)=O)C1. The van der Waals surface area contributed by atoms with Crippen LogP contribution < -0.4 is 5.73 Å².